The lowest BCUT2D eigenvalue weighted by atomic mass is 10.2. The average molecular weight is 359 g/mol. The molecule has 1 amide bonds. The zero-order valence-electron chi connectivity index (χ0n) is 12.4. The third kappa shape index (κ3) is 3.76. The van der Waals surface area contributed by atoms with Crippen molar-refractivity contribution in [1.82, 2.24) is 4.90 Å². The van der Waals surface area contributed by atoms with Gasteiger partial charge in [-0.15, -0.1) is 0 Å². The van der Waals surface area contributed by atoms with Gasteiger partial charge in [0.25, 0.3) is 0 Å². The van der Waals surface area contributed by atoms with Crippen LogP contribution >= 0.6 is 15.9 Å². The van der Waals surface area contributed by atoms with Gasteiger partial charge >= 0.3 is 0 Å². The second-order valence-electron chi connectivity index (χ2n) is 5.53. The summed E-state index contributed by atoms with van der Waals surface area (Å²) in [6.45, 7) is 3.37. The van der Waals surface area contributed by atoms with Gasteiger partial charge in [0.1, 0.15) is 0 Å². The first-order valence-electron chi connectivity index (χ1n) is 7.54. The number of carbonyl (C=O) groups is 1. The van der Waals surface area contributed by atoms with Gasteiger partial charge in [0.2, 0.25) is 5.91 Å². The molecule has 22 heavy (non-hydrogen) atoms. The Kier molecular flexibility index (Phi) is 4.90. The van der Waals surface area contributed by atoms with Crippen LogP contribution in [0.25, 0.3) is 0 Å². The maximum Gasteiger partial charge on any atom is 0.228 e. The van der Waals surface area contributed by atoms with Crippen LogP contribution in [0, 0.1) is 0 Å². The third-order valence-corrected chi connectivity index (χ3v) is 4.50. The topological polar surface area (TPSA) is 23.6 Å². The van der Waals surface area contributed by atoms with E-state index >= 15 is 0 Å². The van der Waals surface area contributed by atoms with Gasteiger partial charge in [0.15, 0.2) is 0 Å². The van der Waals surface area contributed by atoms with E-state index in [2.05, 4.69) is 45.1 Å². The fourth-order valence-corrected chi connectivity index (χ4v) is 3.02. The summed E-state index contributed by atoms with van der Waals surface area (Å²) in [7, 11) is 0. The summed E-state index contributed by atoms with van der Waals surface area (Å²) >= 11 is 3.43. The van der Waals surface area contributed by atoms with Crippen LogP contribution in [0.2, 0.25) is 0 Å². The van der Waals surface area contributed by atoms with Crippen molar-refractivity contribution in [2.75, 3.05) is 24.5 Å². The van der Waals surface area contributed by atoms with Crippen molar-refractivity contribution < 1.29 is 4.79 Å². The summed E-state index contributed by atoms with van der Waals surface area (Å²) in [5, 5.41) is 0. The van der Waals surface area contributed by atoms with E-state index in [0.717, 1.165) is 36.3 Å². The van der Waals surface area contributed by atoms with Crippen LogP contribution in [0.4, 0.5) is 5.69 Å². The Morgan fingerprint density at radius 3 is 2.36 bits per heavy atom. The normalized spacial score (nSPS) is 16.6. The summed E-state index contributed by atoms with van der Waals surface area (Å²) in [6.07, 6.45) is 0.572. The molecule has 0 atom stereocenters. The van der Waals surface area contributed by atoms with Gasteiger partial charge in [-0.2, -0.15) is 0 Å². The SMILES string of the molecule is O=C1CCN(Cc2ccccc2)CCN1c1ccc(Br)cc1. The number of rotatable bonds is 3. The number of hydrogen-bond donors (Lipinski definition) is 0. The molecule has 1 aliphatic rings. The Morgan fingerprint density at radius 2 is 1.64 bits per heavy atom. The molecule has 3 nitrogen and oxygen atoms in total. The van der Waals surface area contributed by atoms with Gasteiger partial charge < -0.3 is 4.90 Å². The number of carbonyl (C=O) groups excluding carboxylic acids is 1. The molecule has 0 radical (unpaired) electrons. The Balaban J connectivity index is 1.67. The first-order valence-corrected chi connectivity index (χ1v) is 8.34. The van der Waals surface area contributed by atoms with Crippen LogP contribution in [-0.2, 0) is 11.3 Å². The van der Waals surface area contributed by atoms with E-state index in [1.807, 2.05) is 35.2 Å². The highest BCUT2D eigenvalue weighted by Gasteiger charge is 2.22. The minimum Gasteiger partial charge on any atom is -0.311 e. The fourth-order valence-electron chi connectivity index (χ4n) is 2.76. The van der Waals surface area contributed by atoms with Gasteiger partial charge in [-0.05, 0) is 29.8 Å². The molecule has 2 aromatic carbocycles. The lowest BCUT2D eigenvalue weighted by Gasteiger charge is -2.22. The molecule has 3 rings (SSSR count). The molecule has 114 valence electrons. The predicted octanol–water partition coefficient (Wildman–Crippen LogP) is 3.69. The number of nitrogens with zero attached hydrogens (tertiary/aromatic N) is 2. The van der Waals surface area contributed by atoms with Gasteiger partial charge in [0, 0.05) is 42.8 Å². The van der Waals surface area contributed by atoms with Crippen LogP contribution in [0.3, 0.4) is 0 Å². The third-order valence-electron chi connectivity index (χ3n) is 3.97. The molecular formula is C18H19BrN2O. The standard InChI is InChI=1S/C18H19BrN2O/c19-16-6-8-17(9-7-16)21-13-12-20(11-10-18(21)22)14-15-4-2-1-3-5-15/h1-9H,10-14H2. The smallest absolute Gasteiger partial charge is 0.228 e. The number of benzene rings is 2. The minimum atomic E-state index is 0.206. The number of amides is 1. The highest BCUT2D eigenvalue weighted by Crippen LogP contribution is 2.21. The molecular weight excluding hydrogens is 340 g/mol. The van der Waals surface area contributed by atoms with E-state index in [1.54, 1.807) is 0 Å². The number of hydrogen-bond acceptors (Lipinski definition) is 2. The van der Waals surface area contributed by atoms with Gasteiger partial charge in [-0.25, -0.2) is 0 Å². The minimum absolute atomic E-state index is 0.206. The molecule has 1 saturated heterocycles. The van der Waals surface area contributed by atoms with E-state index in [0.29, 0.717) is 6.42 Å². The first kappa shape index (κ1) is 15.3. The predicted molar refractivity (Wildman–Crippen MR) is 92.8 cm³/mol. The molecule has 2 aromatic rings. The molecule has 0 aromatic heterocycles. The molecule has 0 bridgehead atoms. The van der Waals surface area contributed by atoms with Crippen LogP contribution in [0.5, 0.6) is 0 Å². The monoisotopic (exact) mass is 358 g/mol. The van der Waals surface area contributed by atoms with E-state index in [9.17, 15) is 4.79 Å². The zero-order chi connectivity index (χ0) is 15.4. The van der Waals surface area contributed by atoms with E-state index in [-0.39, 0.29) is 5.91 Å². The Bertz CT molecular complexity index is 627. The lowest BCUT2D eigenvalue weighted by molar-refractivity contribution is -0.118. The number of anilines is 1. The van der Waals surface area contributed by atoms with Crippen LogP contribution in [-0.4, -0.2) is 30.4 Å². The molecule has 0 N–H and O–H groups in total. The molecule has 0 spiro atoms. The van der Waals surface area contributed by atoms with Gasteiger partial charge in [0.05, 0.1) is 0 Å². The summed E-state index contributed by atoms with van der Waals surface area (Å²) in [5.41, 5.74) is 2.28. The largest absolute Gasteiger partial charge is 0.311 e. The summed E-state index contributed by atoms with van der Waals surface area (Å²) < 4.78 is 1.03. The maximum atomic E-state index is 12.4. The van der Waals surface area contributed by atoms with Crippen molar-refractivity contribution in [3.63, 3.8) is 0 Å². The van der Waals surface area contributed by atoms with Crippen molar-refractivity contribution in [3.8, 4) is 0 Å². The molecule has 1 fully saturated rings. The zero-order valence-corrected chi connectivity index (χ0v) is 14.0. The van der Waals surface area contributed by atoms with Crippen molar-refractivity contribution in [2.24, 2.45) is 0 Å². The Morgan fingerprint density at radius 1 is 0.909 bits per heavy atom. The summed E-state index contributed by atoms with van der Waals surface area (Å²) in [4.78, 5) is 16.6. The summed E-state index contributed by atoms with van der Waals surface area (Å²) in [5.74, 6) is 0.206. The second kappa shape index (κ2) is 7.07. The van der Waals surface area contributed by atoms with Crippen molar-refractivity contribution in [2.45, 2.75) is 13.0 Å². The van der Waals surface area contributed by atoms with Gasteiger partial charge in [-0.1, -0.05) is 46.3 Å². The molecule has 0 unspecified atom stereocenters. The second-order valence-corrected chi connectivity index (χ2v) is 6.45. The molecule has 4 heteroatoms. The van der Waals surface area contributed by atoms with Crippen LogP contribution in [0.1, 0.15) is 12.0 Å². The highest BCUT2D eigenvalue weighted by molar-refractivity contribution is 9.10. The van der Waals surface area contributed by atoms with Crippen molar-refractivity contribution in [3.05, 3.63) is 64.6 Å². The number of halogens is 1. The first-order chi connectivity index (χ1) is 10.7. The van der Waals surface area contributed by atoms with E-state index in [1.165, 1.54) is 5.56 Å². The highest BCUT2D eigenvalue weighted by atomic mass is 79.9. The fraction of sp³-hybridized carbons (Fsp3) is 0.278. The Labute approximate surface area is 139 Å². The van der Waals surface area contributed by atoms with E-state index < -0.39 is 0 Å². The van der Waals surface area contributed by atoms with Crippen LogP contribution < -0.4 is 4.90 Å². The molecule has 1 heterocycles. The van der Waals surface area contributed by atoms with Crippen LogP contribution in [0.15, 0.2) is 59.1 Å². The van der Waals surface area contributed by atoms with Crippen molar-refractivity contribution >= 4 is 27.5 Å². The molecule has 0 aliphatic carbocycles. The molecule has 0 saturated carbocycles. The van der Waals surface area contributed by atoms with E-state index in [4.69, 9.17) is 0 Å². The van der Waals surface area contributed by atoms with Crippen molar-refractivity contribution in [1.29, 1.82) is 0 Å². The van der Waals surface area contributed by atoms with Gasteiger partial charge in [-0.3, -0.25) is 9.69 Å². The molecule has 1 aliphatic heterocycles. The quantitative estimate of drug-likeness (QED) is 0.835. The summed E-state index contributed by atoms with van der Waals surface area (Å²) in [6, 6.07) is 18.4. The lowest BCUT2D eigenvalue weighted by Crippen LogP contribution is -2.33. The Hall–Kier alpha value is -1.65. The maximum absolute atomic E-state index is 12.4. The average Bonchev–Trinajstić information content (AvgIpc) is 2.72.